The number of benzene rings is 2. The zero-order chi connectivity index (χ0) is 14.9. The molecule has 0 fully saturated rings. The van der Waals surface area contributed by atoms with E-state index in [-0.39, 0.29) is 12.5 Å². The van der Waals surface area contributed by atoms with Crippen molar-refractivity contribution in [3.8, 4) is 5.75 Å². The van der Waals surface area contributed by atoms with Gasteiger partial charge in [0, 0.05) is 6.54 Å². The first-order valence-corrected chi connectivity index (χ1v) is 6.77. The van der Waals surface area contributed by atoms with Crippen LogP contribution in [0, 0.1) is 0 Å². The van der Waals surface area contributed by atoms with Gasteiger partial charge in [0.15, 0.2) is 12.9 Å². The van der Waals surface area contributed by atoms with E-state index in [4.69, 9.17) is 4.74 Å². The normalized spacial score (nSPS) is 9.90. The fourth-order valence-electron chi connectivity index (χ4n) is 1.89. The SMILES string of the molecule is O=Cc1ccccc1OCC(=O)NCCc1ccccc1. The molecule has 1 amide bonds. The summed E-state index contributed by atoms with van der Waals surface area (Å²) >= 11 is 0. The number of amides is 1. The molecule has 2 aromatic rings. The van der Waals surface area contributed by atoms with Crippen molar-refractivity contribution in [3.63, 3.8) is 0 Å². The number of ether oxygens (including phenoxy) is 1. The molecule has 0 radical (unpaired) electrons. The highest BCUT2D eigenvalue weighted by Gasteiger charge is 2.05. The van der Waals surface area contributed by atoms with Crippen LogP contribution >= 0.6 is 0 Å². The predicted molar refractivity (Wildman–Crippen MR) is 80.5 cm³/mol. The largest absolute Gasteiger partial charge is 0.483 e. The van der Waals surface area contributed by atoms with Gasteiger partial charge in [0.05, 0.1) is 5.56 Å². The molecule has 2 rings (SSSR count). The van der Waals surface area contributed by atoms with Gasteiger partial charge in [0.2, 0.25) is 0 Å². The third-order valence-corrected chi connectivity index (χ3v) is 2.98. The number of aldehydes is 1. The zero-order valence-electron chi connectivity index (χ0n) is 11.6. The summed E-state index contributed by atoms with van der Waals surface area (Å²) in [6.45, 7) is 0.460. The Morgan fingerprint density at radius 2 is 1.76 bits per heavy atom. The van der Waals surface area contributed by atoms with Crippen LogP contribution in [-0.4, -0.2) is 25.3 Å². The number of hydrogen-bond acceptors (Lipinski definition) is 3. The molecular formula is C17H17NO3. The van der Waals surface area contributed by atoms with Crippen LogP contribution in [0.25, 0.3) is 0 Å². The summed E-state index contributed by atoms with van der Waals surface area (Å²) < 4.78 is 5.35. The monoisotopic (exact) mass is 283 g/mol. The standard InChI is InChI=1S/C17H17NO3/c19-12-15-8-4-5-9-16(15)21-13-17(20)18-11-10-14-6-2-1-3-7-14/h1-9,12H,10-11,13H2,(H,18,20). The number of hydrogen-bond donors (Lipinski definition) is 1. The van der Waals surface area contributed by atoms with Gasteiger partial charge < -0.3 is 10.1 Å². The molecule has 0 atom stereocenters. The van der Waals surface area contributed by atoms with Crippen LogP contribution in [0.3, 0.4) is 0 Å². The summed E-state index contributed by atoms with van der Waals surface area (Å²) in [6.07, 6.45) is 1.49. The maximum atomic E-state index is 11.7. The molecule has 0 aliphatic heterocycles. The van der Waals surface area contributed by atoms with Crippen molar-refractivity contribution in [1.82, 2.24) is 5.32 Å². The van der Waals surface area contributed by atoms with E-state index >= 15 is 0 Å². The van der Waals surface area contributed by atoms with Gasteiger partial charge in [-0.25, -0.2) is 0 Å². The lowest BCUT2D eigenvalue weighted by Crippen LogP contribution is -2.30. The minimum atomic E-state index is -0.202. The van der Waals surface area contributed by atoms with Crippen molar-refractivity contribution in [2.24, 2.45) is 0 Å². The summed E-state index contributed by atoms with van der Waals surface area (Å²) in [5.74, 6) is 0.220. The second-order valence-corrected chi connectivity index (χ2v) is 4.53. The lowest BCUT2D eigenvalue weighted by Gasteiger charge is -2.09. The first-order valence-electron chi connectivity index (χ1n) is 6.77. The fraction of sp³-hybridized carbons (Fsp3) is 0.176. The molecular weight excluding hydrogens is 266 g/mol. The van der Waals surface area contributed by atoms with Gasteiger partial charge in [-0.2, -0.15) is 0 Å². The second-order valence-electron chi connectivity index (χ2n) is 4.53. The summed E-state index contributed by atoms with van der Waals surface area (Å²) in [5, 5.41) is 2.79. The van der Waals surface area contributed by atoms with Crippen molar-refractivity contribution in [1.29, 1.82) is 0 Å². The van der Waals surface area contributed by atoms with Gasteiger partial charge in [0.1, 0.15) is 5.75 Å². The van der Waals surface area contributed by atoms with Crippen molar-refractivity contribution in [3.05, 3.63) is 65.7 Å². The first-order chi connectivity index (χ1) is 10.3. The van der Waals surface area contributed by atoms with Crippen LogP contribution in [0.2, 0.25) is 0 Å². The zero-order valence-corrected chi connectivity index (χ0v) is 11.6. The molecule has 0 aromatic heterocycles. The number of rotatable bonds is 7. The second kappa shape index (κ2) is 7.85. The van der Waals surface area contributed by atoms with Gasteiger partial charge in [-0.3, -0.25) is 9.59 Å². The van der Waals surface area contributed by atoms with E-state index in [9.17, 15) is 9.59 Å². The third kappa shape index (κ3) is 4.76. The molecule has 0 aliphatic carbocycles. The Balaban J connectivity index is 1.74. The molecule has 4 heteroatoms. The summed E-state index contributed by atoms with van der Waals surface area (Å²) in [6, 6.07) is 16.8. The number of carbonyl (C=O) groups excluding carboxylic acids is 2. The third-order valence-electron chi connectivity index (χ3n) is 2.98. The van der Waals surface area contributed by atoms with Gasteiger partial charge in [-0.15, -0.1) is 0 Å². The molecule has 4 nitrogen and oxygen atoms in total. The molecule has 2 aromatic carbocycles. The Kier molecular flexibility index (Phi) is 5.52. The highest BCUT2D eigenvalue weighted by atomic mass is 16.5. The van der Waals surface area contributed by atoms with E-state index in [0.717, 1.165) is 6.42 Å². The van der Waals surface area contributed by atoms with Crippen LogP contribution < -0.4 is 10.1 Å². The minimum Gasteiger partial charge on any atom is -0.483 e. The maximum Gasteiger partial charge on any atom is 0.257 e. The average Bonchev–Trinajstić information content (AvgIpc) is 2.54. The Morgan fingerprint density at radius 1 is 1.05 bits per heavy atom. The highest BCUT2D eigenvalue weighted by molar-refractivity contribution is 5.80. The molecule has 0 saturated heterocycles. The quantitative estimate of drug-likeness (QED) is 0.793. The van der Waals surface area contributed by atoms with Crippen LogP contribution in [0.15, 0.2) is 54.6 Å². The number of nitrogens with one attached hydrogen (secondary N) is 1. The predicted octanol–water partition coefficient (Wildman–Crippen LogP) is 2.24. The van der Waals surface area contributed by atoms with E-state index < -0.39 is 0 Å². The molecule has 0 bridgehead atoms. The Hall–Kier alpha value is -2.62. The Labute approximate surface area is 123 Å². The first kappa shape index (κ1) is 14.8. The molecule has 1 N–H and O–H groups in total. The molecule has 0 spiro atoms. The van der Waals surface area contributed by atoms with Gasteiger partial charge in [-0.1, -0.05) is 42.5 Å². The van der Waals surface area contributed by atoms with E-state index in [1.165, 1.54) is 5.56 Å². The van der Waals surface area contributed by atoms with E-state index in [0.29, 0.717) is 24.1 Å². The van der Waals surface area contributed by atoms with Gasteiger partial charge in [-0.05, 0) is 24.1 Å². The molecule has 0 unspecified atom stereocenters. The maximum absolute atomic E-state index is 11.7. The van der Waals surface area contributed by atoms with Crippen molar-refractivity contribution in [2.45, 2.75) is 6.42 Å². The van der Waals surface area contributed by atoms with Crippen LogP contribution in [0.1, 0.15) is 15.9 Å². The van der Waals surface area contributed by atoms with Gasteiger partial charge >= 0.3 is 0 Å². The molecule has 0 saturated carbocycles. The van der Waals surface area contributed by atoms with Crippen LogP contribution in [0.5, 0.6) is 5.75 Å². The van der Waals surface area contributed by atoms with Crippen molar-refractivity contribution in [2.75, 3.05) is 13.2 Å². The van der Waals surface area contributed by atoms with Gasteiger partial charge in [0.25, 0.3) is 5.91 Å². The van der Waals surface area contributed by atoms with Crippen molar-refractivity contribution >= 4 is 12.2 Å². The number of carbonyl (C=O) groups is 2. The molecule has 108 valence electrons. The topological polar surface area (TPSA) is 55.4 Å². The van der Waals surface area contributed by atoms with Crippen molar-refractivity contribution < 1.29 is 14.3 Å². The lowest BCUT2D eigenvalue weighted by molar-refractivity contribution is -0.123. The van der Waals surface area contributed by atoms with E-state index in [1.807, 2.05) is 30.3 Å². The molecule has 0 heterocycles. The number of para-hydroxylation sites is 1. The smallest absolute Gasteiger partial charge is 0.257 e. The Bertz CT molecular complexity index is 596. The average molecular weight is 283 g/mol. The summed E-state index contributed by atoms with van der Waals surface area (Å²) in [7, 11) is 0. The van der Waals surface area contributed by atoms with Crippen LogP contribution in [-0.2, 0) is 11.2 Å². The lowest BCUT2D eigenvalue weighted by atomic mass is 10.1. The fourth-order valence-corrected chi connectivity index (χ4v) is 1.89. The molecule has 0 aliphatic rings. The minimum absolute atomic E-state index is 0.0976. The summed E-state index contributed by atoms with van der Waals surface area (Å²) in [5.41, 5.74) is 1.61. The van der Waals surface area contributed by atoms with E-state index in [2.05, 4.69) is 5.32 Å². The molecule has 21 heavy (non-hydrogen) atoms. The van der Waals surface area contributed by atoms with E-state index in [1.54, 1.807) is 24.3 Å². The highest BCUT2D eigenvalue weighted by Crippen LogP contribution is 2.15. The summed E-state index contributed by atoms with van der Waals surface area (Å²) in [4.78, 5) is 22.5. The van der Waals surface area contributed by atoms with Crippen LogP contribution in [0.4, 0.5) is 0 Å². The Morgan fingerprint density at radius 3 is 2.52 bits per heavy atom.